The first kappa shape index (κ1) is 36.8. The first-order chi connectivity index (χ1) is 27.2. The maximum absolute atomic E-state index is 2.44. The summed E-state index contributed by atoms with van der Waals surface area (Å²) >= 11 is 0. The molecule has 2 heteroatoms. The summed E-state index contributed by atoms with van der Waals surface area (Å²) in [6.07, 6.45) is 8.64. The number of rotatable bonds is 10. The highest BCUT2D eigenvalue weighted by Crippen LogP contribution is 2.54. The normalized spacial score (nSPS) is 13.2. The SMILES string of the molecule is C/C=C\C=C/c1cc2c(c3ccc(N(c4ccccc4)c4ccc(C(C)C)cc4)cc13)C(C)(C)c1cc(N(c3ccccc3)c3ccc(C(C)C)cc3)ccc1-2. The second-order valence-electron chi connectivity index (χ2n) is 16.2. The van der Waals surface area contributed by atoms with Gasteiger partial charge in [0.1, 0.15) is 0 Å². The van der Waals surface area contributed by atoms with Gasteiger partial charge in [0, 0.05) is 39.5 Å². The van der Waals surface area contributed by atoms with E-state index in [1.807, 2.05) is 0 Å². The molecule has 8 rings (SSSR count). The highest BCUT2D eigenvalue weighted by Gasteiger charge is 2.38. The lowest BCUT2D eigenvalue weighted by Gasteiger charge is -2.29. The molecule has 0 atom stereocenters. The molecule has 56 heavy (non-hydrogen) atoms. The minimum Gasteiger partial charge on any atom is -0.310 e. The van der Waals surface area contributed by atoms with Crippen molar-refractivity contribution >= 4 is 51.0 Å². The Balaban J connectivity index is 1.29. The molecule has 7 aromatic rings. The molecule has 0 unspecified atom stereocenters. The number of nitrogens with zero attached hydrogens (tertiary/aromatic N) is 2. The van der Waals surface area contributed by atoms with E-state index >= 15 is 0 Å². The molecule has 0 fully saturated rings. The Morgan fingerprint density at radius 3 is 1.46 bits per heavy atom. The largest absolute Gasteiger partial charge is 0.310 e. The number of anilines is 6. The van der Waals surface area contributed by atoms with Gasteiger partial charge >= 0.3 is 0 Å². The van der Waals surface area contributed by atoms with Crippen LogP contribution in [-0.2, 0) is 5.41 Å². The van der Waals surface area contributed by atoms with E-state index in [9.17, 15) is 0 Å². The van der Waals surface area contributed by atoms with Crippen molar-refractivity contribution < 1.29 is 0 Å². The number of allylic oxidation sites excluding steroid dienone is 3. The molecule has 0 bridgehead atoms. The van der Waals surface area contributed by atoms with Gasteiger partial charge in [0.15, 0.2) is 0 Å². The standard InChI is InChI=1S/C54H52N2/c1-8-9-12-17-41-34-51-48-32-30-47(56(43-20-15-11-16-21-43)45-28-24-40(25-29-45)38(4)5)36-52(48)54(6,7)53(51)49-33-31-46(35-50(41)49)55(42-18-13-10-14-19-42)44-26-22-39(23-27-44)37(2)3/h8-38H,1-7H3/b9-8-,17-12-. The third-order valence-corrected chi connectivity index (χ3v) is 11.5. The highest BCUT2D eigenvalue weighted by atomic mass is 15.1. The average Bonchev–Trinajstić information content (AvgIpc) is 3.44. The molecular formula is C54H52N2. The minimum atomic E-state index is -0.234. The van der Waals surface area contributed by atoms with Crippen molar-refractivity contribution in [2.24, 2.45) is 0 Å². The van der Waals surface area contributed by atoms with Crippen LogP contribution in [0.4, 0.5) is 34.1 Å². The van der Waals surface area contributed by atoms with E-state index in [0.29, 0.717) is 11.8 Å². The van der Waals surface area contributed by atoms with E-state index < -0.39 is 0 Å². The van der Waals surface area contributed by atoms with Crippen LogP contribution in [0, 0.1) is 0 Å². The zero-order valence-corrected chi connectivity index (χ0v) is 33.8. The van der Waals surface area contributed by atoms with Crippen molar-refractivity contribution in [3.05, 3.63) is 198 Å². The summed E-state index contributed by atoms with van der Waals surface area (Å²) in [5.74, 6) is 0.958. The molecule has 0 heterocycles. The van der Waals surface area contributed by atoms with Crippen molar-refractivity contribution in [3.63, 3.8) is 0 Å². The molecule has 0 saturated carbocycles. The zero-order chi connectivity index (χ0) is 39.0. The number of hydrogen-bond acceptors (Lipinski definition) is 2. The van der Waals surface area contributed by atoms with Gasteiger partial charge in [-0.2, -0.15) is 0 Å². The molecule has 0 saturated heterocycles. The Bertz CT molecular complexity index is 2540. The molecule has 278 valence electrons. The number of fused-ring (bicyclic) bond motifs is 5. The molecule has 0 amide bonds. The van der Waals surface area contributed by atoms with Gasteiger partial charge in [0.05, 0.1) is 0 Å². The summed E-state index contributed by atoms with van der Waals surface area (Å²) in [6, 6.07) is 56.2. The molecule has 0 N–H and O–H groups in total. The van der Waals surface area contributed by atoms with Crippen molar-refractivity contribution in [3.8, 4) is 11.1 Å². The van der Waals surface area contributed by atoms with Crippen molar-refractivity contribution in [2.45, 2.75) is 65.7 Å². The van der Waals surface area contributed by atoms with Gasteiger partial charge in [-0.25, -0.2) is 0 Å². The Morgan fingerprint density at radius 1 is 0.464 bits per heavy atom. The lowest BCUT2D eigenvalue weighted by molar-refractivity contribution is 0.666. The third-order valence-electron chi connectivity index (χ3n) is 11.5. The lowest BCUT2D eigenvalue weighted by atomic mass is 9.79. The second kappa shape index (κ2) is 15.2. The van der Waals surface area contributed by atoms with E-state index in [-0.39, 0.29) is 5.41 Å². The van der Waals surface area contributed by atoms with Crippen molar-refractivity contribution in [1.82, 2.24) is 0 Å². The summed E-state index contributed by atoms with van der Waals surface area (Å²) in [4.78, 5) is 4.78. The summed E-state index contributed by atoms with van der Waals surface area (Å²) in [6.45, 7) is 15.9. The molecule has 0 spiro atoms. The van der Waals surface area contributed by atoms with Crippen LogP contribution < -0.4 is 9.80 Å². The van der Waals surface area contributed by atoms with E-state index in [1.54, 1.807) is 0 Å². The molecular weight excluding hydrogens is 677 g/mol. The predicted molar refractivity (Wildman–Crippen MR) is 243 cm³/mol. The monoisotopic (exact) mass is 728 g/mol. The van der Waals surface area contributed by atoms with Gasteiger partial charge in [0.2, 0.25) is 0 Å². The van der Waals surface area contributed by atoms with Crippen LogP contribution in [0.5, 0.6) is 0 Å². The Labute approximate surface area is 334 Å². The fraction of sp³-hybridized carbons (Fsp3) is 0.185. The Kier molecular flexibility index (Phi) is 9.99. The zero-order valence-electron chi connectivity index (χ0n) is 33.8. The van der Waals surface area contributed by atoms with Crippen LogP contribution in [0.3, 0.4) is 0 Å². The summed E-state index contributed by atoms with van der Waals surface area (Å²) in [7, 11) is 0. The summed E-state index contributed by atoms with van der Waals surface area (Å²) in [5.41, 5.74) is 15.9. The van der Waals surface area contributed by atoms with E-state index in [2.05, 4.69) is 234 Å². The average molecular weight is 729 g/mol. The first-order valence-corrected chi connectivity index (χ1v) is 20.1. The number of benzene rings is 7. The minimum absolute atomic E-state index is 0.234. The van der Waals surface area contributed by atoms with Crippen LogP contribution in [0.2, 0.25) is 0 Å². The van der Waals surface area contributed by atoms with Crippen LogP contribution in [-0.4, -0.2) is 0 Å². The van der Waals surface area contributed by atoms with E-state index in [1.165, 1.54) is 49.7 Å². The van der Waals surface area contributed by atoms with Gasteiger partial charge in [-0.05, 0) is 147 Å². The maximum Gasteiger partial charge on any atom is 0.0468 e. The number of hydrogen-bond donors (Lipinski definition) is 0. The van der Waals surface area contributed by atoms with Gasteiger partial charge in [-0.3, -0.25) is 0 Å². The Morgan fingerprint density at radius 2 is 0.946 bits per heavy atom. The van der Waals surface area contributed by atoms with Crippen LogP contribution in [0.25, 0.3) is 28.0 Å². The van der Waals surface area contributed by atoms with Crippen LogP contribution in [0.15, 0.2) is 170 Å². The molecule has 0 aromatic heterocycles. The van der Waals surface area contributed by atoms with Gasteiger partial charge < -0.3 is 9.80 Å². The van der Waals surface area contributed by atoms with Gasteiger partial charge in [-0.1, -0.05) is 139 Å². The van der Waals surface area contributed by atoms with Gasteiger partial charge in [0.25, 0.3) is 0 Å². The van der Waals surface area contributed by atoms with Crippen LogP contribution >= 0.6 is 0 Å². The lowest BCUT2D eigenvalue weighted by Crippen LogP contribution is -2.17. The van der Waals surface area contributed by atoms with Crippen molar-refractivity contribution in [1.29, 1.82) is 0 Å². The van der Waals surface area contributed by atoms with Gasteiger partial charge in [-0.15, -0.1) is 0 Å². The highest BCUT2D eigenvalue weighted by molar-refractivity contribution is 6.04. The van der Waals surface area contributed by atoms with Crippen molar-refractivity contribution in [2.75, 3.05) is 9.80 Å². The topological polar surface area (TPSA) is 6.48 Å². The molecule has 7 aromatic carbocycles. The molecule has 0 radical (unpaired) electrons. The maximum atomic E-state index is 2.44. The molecule has 1 aliphatic carbocycles. The third kappa shape index (κ3) is 6.75. The van der Waals surface area contributed by atoms with Crippen LogP contribution in [0.1, 0.15) is 88.1 Å². The molecule has 2 nitrogen and oxygen atoms in total. The molecule has 0 aliphatic heterocycles. The smallest absolute Gasteiger partial charge is 0.0468 e. The predicted octanol–water partition coefficient (Wildman–Crippen LogP) is 15.9. The fourth-order valence-corrected chi connectivity index (χ4v) is 8.50. The van der Waals surface area contributed by atoms with E-state index in [4.69, 9.17) is 0 Å². The summed E-state index contributed by atoms with van der Waals surface area (Å²) in [5, 5.41) is 2.54. The van der Waals surface area contributed by atoms with E-state index in [0.717, 1.165) is 34.1 Å². The number of para-hydroxylation sites is 2. The Hall–Kier alpha value is -6.12. The quantitative estimate of drug-likeness (QED) is 0.129. The summed E-state index contributed by atoms with van der Waals surface area (Å²) < 4.78 is 0. The first-order valence-electron chi connectivity index (χ1n) is 20.1. The fourth-order valence-electron chi connectivity index (χ4n) is 8.50. The molecule has 1 aliphatic rings. The second-order valence-corrected chi connectivity index (χ2v) is 16.2.